The highest BCUT2D eigenvalue weighted by Gasteiger charge is 2.32. The van der Waals surface area contributed by atoms with Crippen LogP contribution in [0.15, 0.2) is 59.3 Å². The van der Waals surface area contributed by atoms with Gasteiger partial charge in [0.25, 0.3) is 5.91 Å². The van der Waals surface area contributed by atoms with E-state index in [-0.39, 0.29) is 18.1 Å². The van der Waals surface area contributed by atoms with E-state index in [0.29, 0.717) is 18.7 Å². The third-order valence-corrected chi connectivity index (χ3v) is 4.63. The fourth-order valence-corrected chi connectivity index (χ4v) is 3.11. The van der Waals surface area contributed by atoms with Gasteiger partial charge in [0.05, 0.1) is 0 Å². The van der Waals surface area contributed by atoms with Crippen molar-refractivity contribution in [2.24, 2.45) is 0 Å². The first-order valence-electron chi connectivity index (χ1n) is 8.32. The molecule has 0 saturated heterocycles. The molecule has 2 aromatic rings. The number of Topliss-reactive ketones (excluding diaryl/α,β-unsaturated/α-hetero) is 1. The predicted octanol–water partition coefficient (Wildman–Crippen LogP) is 1.87. The van der Waals surface area contributed by atoms with Crippen LogP contribution in [0.3, 0.4) is 0 Å². The Hall–Kier alpha value is -3.13. The second-order valence-corrected chi connectivity index (χ2v) is 6.69. The van der Waals surface area contributed by atoms with Crippen molar-refractivity contribution < 1.29 is 23.9 Å². The molecule has 8 heteroatoms. The molecule has 0 atom stereocenters. The SMILES string of the molecule is O=C(COC(=O)C1=C(Nc2ccccc2)OCC1=O)NCCc1cccs1. The molecule has 1 aliphatic rings. The normalized spacial score (nSPS) is 13.3. The van der Waals surface area contributed by atoms with Crippen molar-refractivity contribution in [3.05, 3.63) is 64.2 Å². The molecule has 1 aliphatic heterocycles. The molecular weight excluding hydrogens is 368 g/mol. The van der Waals surface area contributed by atoms with Crippen LogP contribution in [0.5, 0.6) is 0 Å². The lowest BCUT2D eigenvalue weighted by molar-refractivity contribution is -0.145. The largest absolute Gasteiger partial charge is 0.470 e. The summed E-state index contributed by atoms with van der Waals surface area (Å²) in [5.41, 5.74) is 0.448. The van der Waals surface area contributed by atoms with E-state index >= 15 is 0 Å². The van der Waals surface area contributed by atoms with Crippen molar-refractivity contribution in [3.63, 3.8) is 0 Å². The molecule has 0 spiro atoms. The van der Waals surface area contributed by atoms with Gasteiger partial charge in [-0.2, -0.15) is 0 Å². The highest BCUT2D eigenvalue weighted by atomic mass is 32.1. The third kappa shape index (κ3) is 5.18. The number of benzene rings is 1. The molecule has 0 aliphatic carbocycles. The van der Waals surface area contributed by atoms with Gasteiger partial charge in [0.2, 0.25) is 11.7 Å². The lowest BCUT2D eigenvalue weighted by Crippen LogP contribution is -2.31. The molecular formula is C19H18N2O5S. The van der Waals surface area contributed by atoms with E-state index in [0.717, 1.165) is 4.88 Å². The number of esters is 1. The van der Waals surface area contributed by atoms with Crippen LogP contribution in [0.4, 0.5) is 5.69 Å². The average Bonchev–Trinajstić information content (AvgIpc) is 3.31. The number of anilines is 1. The van der Waals surface area contributed by atoms with Crippen molar-refractivity contribution in [2.45, 2.75) is 6.42 Å². The van der Waals surface area contributed by atoms with Crippen LogP contribution in [-0.2, 0) is 30.3 Å². The quantitative estimate of drug-likeness (QED) is 0.531. The lowest BCUT2D eigenvalue weighted by Gasteiger charge is -2.09. The number of nitrogens with one attached hydrogen (secondary N) is 2. The van der Waals surface area contributed by atoms with E-state index in [2.05, 4.69) is 10.6 Å². The van der Waals surface area contributed by atoms with E-state index in [1.165, 1.54) is 0 Å². The summed E-state index contributed by atoms with van der Waals surface area (Å²) in [7, 11) is 0. The number of hydrogen-bond donors (Lipinski definition) is 2. The molecule has 2 N–H and O–H groups in total. The van der Waals surface area contributed by atoms with Crippen molar-refractivity contribution >= 4 is 34.7 Å². The summed E-state index contributed by atoms with van der Waals surface area (Å²) < 4.78 is 10.2. The second-order valence-electron chi connectivity index (χ2n) is 5.66. The van der Waals surface area contributed by atoms with Gasteiger partial charge in [0, 0.05) is 17.1 Å². The van der Waals surface area contributed by atoms with Crippen molar-refractivity contribution in [1.29, 1.82) is 0 Å². The van der Waals surface area contributed by atoms with Gasteiger partial charge >= 0.3 is 5.97 Å². The van der Waals surface area contributed by atoms with Crippen LogP contribution in [0.25, 0.3) is 0 Å². The maximum absolute atomic E-state index is 12.2. The Kier molecular flexibility index (Phi) is 6.22. The number of carbonyl (C=O) groups excluding carboxylic acids is 3. The number of hydrogen-bond acceptors (Lipinski definition) is 7. The Morgan fingerprint density at radius 1 is 1.15 bits per heavy atom. The van der Waals surface area contributed by atoms with Crippen LogP contribution in [0, 0.1) is 0 Å². The van der Waals surface area contributed by atoms with Crippen LogP contribution >= 0.6 is 11.3 Å². The summed E-state index contributed by atoms with van der Waals surface area (Å²) in [6, 6.07) is 12.9. The number of ether oxygens (including phenoxy) is 2. The van der Waals surface area contributed by atoms with E-state index in [4.69, 9.17) is 9.47 Å². The summed E-state index contributed by atoms with van der Waals surface area (Å²) in [5, 5.41) is 7.51. The minimum absolute atomic E-state index is 0.0364. The molecule has 7 nitrogen and oxygen atoms in total. The zero-order valence-electron chi connectivity index (χ0n) is 14.4. The Balaban J connectivity index is 1.51. The van der Waals surface area contributed by atoms with Gasteiger partial charge in [-0.1, -0.05) is 24.3 Å². The third-order valence-electron chi connectivity index (χ3n) is 3.70. The molecule has 0 bridgehead atoms. The molecule has 0 saturated carbocycles. The zero-order chi connectivity index (χ0) is 19.1. The molecule has 27 heavy (non-hydrogen) atoms. The fourth-order valence-electron chi connectivity index (χ4n) is 2.40. The second kappa shape index (κ2) is 9.00. The summed E-state index contributed by atoms with van der Waals surface area (Å²) in [6.07, 6.45) is 0.708. The number of rotatable bonds is 8. The molecule has 1 aromatic heterocycles. The highest BCUT2D eigenvalue weighted by Crippen LogP contribution is 2.20. The molecule has 140 valence electrons. The Morgan fingerprint density at radius 2 is 1.96 bits per heavy atom. The van der Waals surface area contributed by atoms with Gasteiger partial charge in [-0.05, 0) is 30.0 Å². The van der Waals surface area contributed by atoms with Crippen LogP contribution in [-0.4, -0.2) is 37.4 Å². The number of para-hydroxylation sites is 1. The fraction of sp³-hybridized carbons (Fsp3) is 0.211. The van der Waals surface area contributed by atoms with Gasteiger partial charge in [-0.25, -0.2) is 4.79 Å². The summed E-state index contributed by atoms with van der Waals surface area (Å²) in [4.78, 5) is 37.1. The standard InChI is InChI=1S/C19H18N2O5S/c22-15-11-25-18(21-13-5-2-1-3-6-13)17(15)19(24)26-12-16(23)20-9-8-14-7-4-10-27-14/h1-7,10,21H,8-9,11-12H2,(H,20,23). The summed E-state index contributed by atoms with van der Waals surface area (Å²) >= 11 is 1.61. The Morgan fingerprint density at radius 3 is 2.70 bits per heavy atom. The molecule has 3 rings (SSSR count). The van der Waals surface area contributed by atoms with E-state index in [1.807, 2.05) is 23.6 Å². The highest BCUT2D eigenvalue weighted by molar-refractivity contribution is 7.09. The van der Waals surface area contributed by atoms with Crippen molar-refractivity contribution in [1.82, 2.24) is 5.32 Å². The van der Waals surface area contributed by atoms with Crippen molar-refractivity contribution in [2.75, 3.05) is 25.1 Å². The van der Waals surface area contributed by atoms with Gasteiger partial charge in [0.15, 0.2) is 18.8 Å². The van der Waals surface area contributed by atoms with E-state index in [1.54, 1.807) is 35.6 Å². The molecule has 2 heterocycles. The number of thiophene rings is 1. The number of amides is 1. The van der Waals surface area contributed by atoms with Crippen LogP contribution in [0.2, 0.25) is 0 Å². The zero-order valence-corrected chi connectivity index (χ0v) is 15.2. The number of ketones is 1. The van der Waals surface area contributed by atoms with E-state index < -0.39 is 24.3 Å². The molecule has 0 fully saturated rings. The maximum atomic E-state index is 12.2. The summed E-state index contributed by atoms with van der Waals surface area (Å²) in [5.74, 6) is -1.76. The minimum atomic E-state index is -0.885. The minimum Gasteiger partial charge on any atom is -0.470 e. The van der Waals surface area contributed by atoms with Gasteiger partial charge in [-0.15, -0.1) is 11.3 Å². The van der Waals surface area contributed by atoms with Crippen LogP contribution < -0.4 is 10.6 Å². The summed E-state index contributed by atoms with van der Waals surface area (Å²) in [6.45, 7) is -0.256. The Bertz CT molecular complexity index is 846. The maximum Gasteiger partial charge on any atom is 0.347 e. The molecule has 0 unspecified atom stereocenters. The molecule has 0 radical (unpaired) electrons. The predicted molar refractivity (Wildman–Crippen MR) is 100 cm³/mol. The first-order valence-corrected chi connectivity index (χ1v) is 9.20. The molecule has 1 amide bonds. The molecule has 1 aromatic carbocycles. The van der Waals surface area contributed by atoms with Crippen molar-refractivity contribution in [3.8, 4) is 0 Å². The monoisotopic (exact) mass is 386 g/mol. The topological polar surface area (TPSA) is 93.7 Å². The van der Waals surface area contributed by atoms with E-state index in [9.17, 15) is 14.4 Å². The van der Waals surface area contributed by atoms with Crippen LogP contribution in [0.1, 0.15) is 4.88 Å². The Labute approximate surface area is 160 Å². The van der Waals surface area contributed by atoms with Gasteiger partial charge < -0.3 is 20.1 Å². The van der Waals surface area contributed by atoms with Gasteiger partial charge in [-0.3, -0.25) is 9.59 Å². The first-order chi connectivity index (χ1) is 13.1. The number of carbonyl (C=O) groups is 3. The smallest absolute Gasteiger partial charge is 0.347 e. The first kappa shape index (κ1) is 18.7. The lowest BCUT2D eigenvalue weighted by atomic mass is 10.2. The van der Waals surface area contributed by atoms with Gasteiger partial charge in [0.1, 0.15) is 0 Å². The average molecular weight is 386 g/mol.